The molecule has 0 radical (unpaired) electrons. The summed E-state index contributed by atoms with van der Waals surface area (Å²) in [5.74, 6) is 1.69. The normalized spacial score (nSPS) is 14.5. The number of hydrogen-bond acceptors (Lipinski definition) is 3. The van der Waals surface area contributed by atoms with Gasteiger partial charge in [0.25, 0.3) is 0 Å². The third-order valence-corrected chi connectivity index (χ3v) is 2.26. The van der Waals surface area contributed by atoms with Crippen LogP contribution in [-0.4, -0.2) is 19.0 Å². The Hall–Kier alpha value is -1.51. The molecule has 1 aromatic rings. The van der Waals surface area contributed by atoms with Crippen molar-refractivity contribution in [2.24, 2.45) is 0 Å². The SMILES string of the molecule is CC(=O)Cc1ccc2c(c1)OCCCO2. The maximum absolute atomic E-state index is 11.0. The molecule has 3 heteroatoms. The summed E-state index contributed by atoms with van der Waals surface area (Å²) in [6, 6.07) is 5.68. The predicted octanol–water partition coefficient (Wildman–Crippen LogP) is 1.98. The third-order valence-electron chi connectivity index (χ3n) is 2.26. The standard InChI is InChI=1S/C12H14O3/c1-9(13)7-10-3-4-11-12(8-10)15-6-2-5-14-11/h3-4,8H,2,5-7H2,1H3. The molecular formula is C12H14O3. The van der Waals surface area contributed by atoms with Gasteiger partial charge < -0.3 is 9.47 Å². The van der Waals surface area contributed by atoms with Gasteiger partial charge in [-0.15, -0.1) is 0 Å². The highest BCUT2D eigenvalue weighted by molar-refractivity contribution is 5.78. The van der Waals surface area contributed by atoms with E-state index in [2.05, 4.69) is 0 Å². The van der Waals surface area contributed by atoms with Crippen molar-refractivity contribution in [3.8, 4) is 11.5 Å². The van der Waals surface area contributed by atoms with E-state index in [1.165, 1.54) is 0 Å². The second-order valence-electron chi connectivity index (χ2n) is 3.71. The van der Waals surface area contributed by atoms with Crippen LogP contribution in [0.5, 0.6) is 11.5 Å². The highest BCUT2D eigenvalue weighted by Crippen LogP contribution is 2.30. The molecule has 1 heterocycles. The Morgan fingerprint density at radius 1 is 1.27 bits per heavy atom. The molecule has 0 fully saturated rings. The van der Waals surface area contributed by atoms with Gasteiger partial charge in [-0.25, -0.2) is 0 Å². The lowest BCUT2D eigenvalue weighted by atomic mass is 10.1. The van der Waals surface area contributed by atoms with Crippen LogP contribution in [-0.2, 0) is 11.2 Å². The van der Waals surface area contributed by atoms with Crippen LogP contribution in [0.2, 0.25) is 0 Å². The van der Waals surface area contributed by atoms with Gasteiger partial charge in [-0.1, -0.05) is 6.07 Å². The summed E-state index contributed by atoms with van der Waals surface area (Å²) in [4.78, 5) is 11.0. The molecule has 0 saturated carbocycles. The lowest BCUT2D eigenvalue weighted by Crippen LogP contribution is -1.98. The second-order valence-corrected chi connectivity index (χ2v) is 3.71. The van der Waals surface area contributed by atoms with Crippen molar-refractivity contribution in [1.82, 2.24) is 0 Å². The van der Waals surface area contributed by atoms with Gasteiger partial charge in [0.15, 0.2) is 11.5 Å². The smallest absolute Gasteiger partial charge is 0.161 e. The number of carbonyl (C=O) groups excluding carboxylic acids is 1. The second kappa shape index (κ2) is 4.34. The molecule has 2 rings (SSSR count). The Morgan fingerprint density at radius 3 is 2.73 bits per heavy atom. The Kier molecular flexibility index (Phi) is 2.90. The van der Waals surface area contributed by atoms with Gasteiger partial charge in [-0.2, -0.15) is 0 Å². The quantitative estimate of drug-likeness (QED) is 0.742. The summed E-state index contributed by atoms with van der Waals surface area (Å²) in [6.07, 6.45) is 1.35. The summed E-state index contributed by atoms with van der Waals surface area (Å²) < 4.78 is 11.0. The minimum Gasteiger partial charge on any atom is -0.490 e. The highest BCUT2D eigenvalue weighted by atomic mass is 16.5. The molecule has 1 aliphatic heterocycles. The fourth-order valence-electron chi connectivity index (χ4n) is 1.61. The van der Waals surface area contributed by atoms with E-state index in [4.69, 9.17) is 9.47 Å². The van der Waals surface area contributed by atoms with Crippen LogP contribution in [0.1, 0.15) is 18.9 Å². The molecule has 0 N–H and O–H groups in total. The van der Waals surface area contributed by atoms with E-state index in [1.54, 1.807) is 6.92 Å². The summed E-state index contributed by atoms with van der Waals surface area (Å²) in [5, 5.41) is 0. The van der Waals surface area contributed by atoms with Gasteiger partial charge in [-0.3, -0.25) is 4.79 Å². The molecule has 0 saturated heterocycles. The van der Waals surface area contributed by atoms with Crippen LogP contribution < -0.4 is 9.47 Å². The first-order valence-electron chi connectivity index (χ1n) is 5.13. The van der Waals surface area contributed by atoms with E-state index in [-0.39, 0.29) is 5.78 Å². The van der Waals surface area contributed by atoms with Crippen LogP contribution in [0.15, 0.2) is 18.2 Å². The van der Waals surface area contributed by atoms with Gasteiger partial charge in [0, 0.05) is 12.8 Å². The number of ether oxygens (including phenoxy) is 2. The minimum atomic E-state index is 0.157. The Bertz CT molecular complexity index is 371. The lowest BCUT2D eigenvalue weighted by Gasteiger charge is -2.08. The van der Waals surface area contributed by atoms with Gasteiger partial charge in [-0.05, 0) is 24.6 Å². The number of fused-ring (bicyclic) bond motifs is 1. The maximum Gasteiger partial charge on any atom is 0.161 e. The summed E-state index contributed by atoms with van der Waals surface area (Å²) in [6.45, 7) is 2.96. The molecule has 0 aromatic heterocycles. The van der Waals surface area contributed by atoms with Gasteiger partial charge in [0.2, 0.25) is 0 Å². The van der Waals surface area contributed by atoms with Crippen LogP contribution in [0, 0.1) is 0 Å². The molecule has 80 valence electrons. The molecule has 0 spiro atoms. The van der Waals surface area contributed by atoms with Gasteiger partial charge >= 0.3 is 0 Å². The van der Waals surface area contributed by atoms with Gasteiger partial charge in [0.05, 0.1) is 13.2 Å². The summed E-state index contributed by atoms with van der Waals surface area (Å²) >= 11 is 0. The van der Waals surface area contributed by atoms with Gasteiger partial charge in [0.1, 0.15) is 5.78 Å². The number of Topliss-reactive ketones (excluding diaryl/α,β-unsaturated/α-hetero) is 1. The minimum absolute atomic E-state index is 0.157. The first kappa shape index (κ1) is 10.0. The van der Waals surface area contributed by atoms with E-state index < -0.39 is 0 Å². The number of benzene rings is 1. The van der Waals surface area contributed by atoms with E-state index in [1.807, 2.05) is 18.2 Å². The zero-order valence-corrected chi connectivity index (χ0v) is 8.79. The highest BCUT2D eigenvalue weighted by Gasteiger charge is 2.10. The zero-order chi connectivity index (χ0) is 10.7. The van der Waals surface area contributed by atoms with E-state index in [0.29, 0.717) is 19.6 Å². The largest absolute Gasteiger partial charge is 0.490 e. The fourth-order valence-corrected chi connectivity index (χ4v) is 1.61. The molecule has 0 atom stereocenters. The average Bonchev–Trinajstić information content (AvgIpc) is 2.41. The predicted molar refractivity (Wildman–Crippen MR) is 56.4 cm³/mol. The summed E-state index contributed by atoms with van der Waals surface area (Å²) in [5.41, 5.74) is 0.978. The first-order chi connectivity index (χ1) is 7.25. The van der Waals surface area contributed by atoms with Crippen molar-refractivity contribution in [3.05, 3.63) is 23.8 Å². The number of hydrogen-bond donors (Lipinski definition) is 0. The van der Waals surface area contributed by atoms with Crippen molar-refractivity contribution in [1.29, 1.82) is 0 Å². The topological polar surface area (TPSA) is 35.5 Å². The van der Waals surface area contributed by atoms with Crippen molar-refractivity contribution in [2.75, 3.05) is 13.2 Å². The van der Waals surface area contributed by atoms with E-state index in [9.17, 15) is 4.79 Å². The number of carbonyl (C=O) groups is 1. The Morgan fingerprint density at radius 2 is 2.00 bits per heavy atom. The van der Waals surface area contributed by atoms with Crippen LogP contribution in [0.4, 0.5) is 0 Å². The molecule has 0 amide bonds. The molecule has 3 nitrogen and oxygen atoms in total. The molecule has 1 aliphatic rings. The third kappa shape index (κ3) is 2.49. The lowest BCUT2D eigenvalue weighted by molar-refractivity contribution is -0.116. The van der Waals surface area contributed by atoms with Crippen molar-refractivity contribution in [2.45, 2.75) is 19.8 Å². The molecular weight excluding hydrogens is 192 g/mol. The van der Waals surface area contributed by atoms with Crippen LogP contribution >= 0.6 is 0 Å². The summed E-state index contributed by atoms with van der Waals surface area (Å²) in [7, 11) is 0. The molecule has 15 heavy (non-hydrogen) atoms. The molecule has 0 unspecified atom stereocenters. The molecule has 1 aromatic carbocycles. The van der Waals surface area contributed by atoms with Crippen LogP contribution in [0.3, 0.4) is 0 Å². The molecule has 0 bridgehead atoms. The number of ketones is 1. The Balaban J connectivity index is 2.23. The van der Waals surface area contributed by atoms with Crippen LogP contribution in [0.25, 0.3) is 0 Å². The monoisotopic (exact) mass is 206 g/mol. The molecule has 0 aliphatic carbocycles. The first-order valence-corrected chi connectivity index (χ1v) is 5.13. The maximum atomic E-state index is 11.0. The fraction of sp³-hybridized carbons (Fsp3) is 0.417. The van der Waals surface area contributed by atoms with E-state index in [0.717, 1.165) is 23.5 Å². The Labute approximate surface area is 89.0 Å². The van der Waals surface area contributed by atoms with Crippen molar-refractivity contribution >= 4 is 5.78 Å². The average molecular weight is 206 g/mol. The zero-order valence-electron chi connectivity index (χ0n) is 8.79. The van der Waals surface area contributed by atoms with E-state index >= 15 is 0 Å². The van der Waals surface area contributed by atoms with Crippen molar-refractivity contribution < 1.29 is 14.3 Å². The van der Waals surface area contributed by atoms with Crippen molar-refractivity contribution in [3.63, 3.8) is 0 Å². The number of rotatable bonds is 2.